The molecule has 1 saturated heterocycles. The zero-order chi connectivity index (χ0) is 40.5. The van der Waals surface area contributed by atoms with Crippen molar-refractivity contribution in [3.63, 3.8) is 0 Å². The maximum absolute atomic E-state index is 13.3. The quantitative estimate of drug-likeness (QED) is 0.0299. The molecule has 0 bridgehead atoms. The normalized spacial score (nSPS) is 20.6. The molecule has 322 valence electrons. The molecule has 1 heterocycles. The van der Waals surface area contributed by atoms with E-state index in [-0.39, 0.29) is 54.0 Å². The van der Waals surface area contributed by atoms with Crippen LogP contribution >= 0.6 is 0 Å². The SMILES string of the molecule is CCCCCCCCCCCCCC(=O)O[C@@H]1[C@@H](OC(=O)CCCCCCCCCCCCC)[C@@H](OC)O[C@H](CO[Si](C)(C)C(C)(C)C)[C@H]1OS(=O)(=O)O.[NaH]. The van der Waals surface area contributed by atoms with Crippen LogP contribution in [-0.2, 0) is 47.5 Å². The average molecular weight is 833 g/mol. The number of carbonyl (C=O) groups is 2. The van der Waals surface area contributed by atoms with E-state index in [0.717, 1.165) is 38.5 Å². The molecule has 1 rings (SSSR count). The zero-order valence-corrected chi connectivity index (χ0v) is 37.3. The summed E-state index contributed by atoms with van der Waals surface area (Å²) in [7, 11) is -6.05. The molecule has 0 aliphatic carbocycles. The molecule has 0 unspecified atom stereocenters. The Balaban J connectivity index is 0.0000292. The number of carbonyl (C=O) groups excluding carboxylic acids is 2. The van der Waals surface area contributed by atoms with Crippen molar-refractivity contribution in [3.05, 3.63) is 0 Å². The molecule has 1 aliphatic rings. The Morgan fingerprint density at radius 1 is 0.636 bits per heavy atom. The third-order valence-electron chi connectivity index (χ3n) is 11.0. The predicted octanol–water partition coefficient (Wildman–Crippen LogP) is 10.1. The molecule has 14 heteroatoms. The molecule has 0 aromatic heterocycles. The van der Waals surface area contributed by atoms with E-state index in [9.17, 15) is 22.6 Å². The fraction of sp³-hybridized carbons (Fsp3) is 0.951. The van der Waals surface area contributed by atoms with Gasteiger partial charge in [0.15, 0.2) is 26.8 Å². The van der Waals surface area contributed by atoms with E-state index in [4.69, 9.17) is 27.6 Å². The molecule has 55 heavy (non-hydrogen) atoms. The molecule has 0 radical (unpaired) electrons. The van der Waals surface area contributed by atoms with E-state index in [1.54, 1.807) is 0 Å². The van der Waals surface area contributed by atoms with Crippen LogP contribution in [-0.4, -0.2) is 107 Å². The second-order valence-electron chi connectivity index (χ2n) is 16.8. The number of hydrogen-bond donors (Lipinski definition) is 1. The van der Waals surface area contributed by atoms with E-state index in [1.807, 2.05) is 13.1 Å². The van der Waals surface area contributed by atoms with Crippen molar-refractivity contribution in [1.29, 1.82) is 0 Å². The van der Waals surface area contributed by atoms with E-state index >= 15 is 0 Å². The standard InChI is InChI=1S/C41H80O11SSi.Na.H/c1-9-11-13-15-17-19-21-23-25-27-29-31-35(42)50-38-37(52-53(44,45)46)34(33-48-54(7,8)41(3,4)5)49-40(47-6)39(38)51-36(43)32-30-28-26-24-22-20-18-16-14-12-10-2;;/h34,37-40H,9-33H2,1-8H3,(H,44,45,46);;/t34-,37-,38+,39-,40+;;/m1../s1. The van der Waals surface area contributed by atoms with Crippen LogP contribution in [0, 0.1) is 0 Å². The molecular formula is C41H81NaO11SSi. The van der Waals surface area contributed by atoms with Crippen LogP contribution in [0.25, 0.3) is 0 Å². The van der Waals surface area contributed by atoms with Gasteiger partial charge >= 0.3 is 51.9 Å². The van der Waals surface area contributed by atoms with Gasteiger partial charge in [-0.2, -0.15) is 8.42 Å². The molecule has 0 aromatic rings. The predicted molar refractivity (Wildman–Crippen MR) is 224 cm³/mol. The summed E-state index contributed by atoms with van der Waals surface area (Å²) in [6.45, 7) is 14.6. The summed E-state index contributed by atoms with van der Waals surface area (Å²) in [5.74, 6) is -1.14. The second-order valence-corrected chi connectivity index (χ2v) is 22.7. The third-order valence-corrected chi connectivity index (χ3v) is 15.9. The van der Waals surface area contributed by atoms with Crippen molar-refractivity contribution in [1.82, 2.24) is 0 Å². The van der Waals surface area contributed by atoms with Crippen molar-refractivity contribution < 1.29 is 50.1 Å². The van der Waals surface area contributed by atoms with Gasteiger partial charge in [0.2, 0.25) is 0 Å². The van der Waals surface area contributed by atoms with Gasteiger partial charge in [-0.25, -0.2) is 4.18 Å². The summed E-state index contributed by atoms with van der Waals surface area (Å²) in [4.78, 5) is 26.5. The first-order valence-electron chi connectivity index (χ1n) is 21.4. The van der Waals surface area contributed by atoms with E-state index in [0.29, 0.717) is 12.8 Å². The van der Waals surface area contributed by atoms with Crippen molar-refractivity contribution in [2.24, 2.45) is 0 Å². The molecule has 1 fully saturated rings. The molecule has 1 N–H and O–H groups in total. The fourth-order valence-corrected chi connectivity index (χ4v) is 8.04. The molecule has 5 atom stereocenters. The summed E-state index contributed by atoms with van der Waals surface area (Å²) < 4.78 is 69.2. The van der Waals surface area contributed by atoms with E-state index in [1.165, 1.54) is 97.0 Å². The van der Waals surface area contributed by atoms with Crippen LogP contribution in [0.3, 0.4) is 0 Å². The number of ether oxygens (including phenoxy) is 4. The van der Waals surface area contributed by atoms with Gasteiger partial charge < -0.3 is 23.4 Å². The van der Waals surface area contributed by atoms with Crippen LogP contribution in [0.5, 0.6) is 0 Å². The molecule has 0 aromatic carbocycles. The first-order valence-corrected chi connectivity index (χ1v) is 25.7. The monoisotopic (exact) mass is 833 g/mol. The van der Waals surface area contributed by atoms with Crippen LogP contribution < -0.4 is 0 Å². The first kappa shape index (κ1) is 54.9. The van der Waals surface area contributed by atoms with Crippen LogP contribution in [0.1, 0.15) is 189 Å². The van der Waals surface area contributed by atoms with Crippen molar-refractivity contribution in [2.75, 3.05) is 13.7 Å². The number of hydrogen-bond acceptors (Lipinski definition) is 10. The Morgan fingerprint density at radius 3 is 1.35 bits per heavy atom. The number of methoxy groups -OCH3 is 1. The van der Waals surface area contributed by atoms with Gasteiger partial charge in [0.05, 0.1) is 6.61 Å². The Morgan fingerprint density at radius 2 is 1.00 bits per heavy atom. The molecule has 1 aliphatic heterocycles. The van der Waals surface area contributed by atoms with Crippen LogP contribution in [0.4, 0.5) is 0 Å². The maximum atomic E-state index is 13.3. The van der Waals surface area contributed by atoms with Gasteiger partial charge in [0.25, 0.3) is 0 Å². The topological polar surface area (TPSA) is 144 Å². The second kappa shape index (κ2) is 30.9. The molecule has 0 amide bonds. The van der Waals surface area contributed by atoms with E-state index in [2.05, 4.69) is 34.6 Å². The van der Waals surface area contributed by atoms with Gasteiger partial charge in [-0.3, -0.25) is 14.1 Å². The van der Waals surface area contributed by atoms with Crippen molar-refractivity contribution in [2.45, 2.75) is 238 Å². The van der Waals surface area contributed by atoms with Gasteiger partial charge in [-0.05, 0) is 31.0 Å². The minimum atomic E-state index is -5.05. The first-order chi connectivity index (χ1) is 25.6. The van der Waals surface area contributed by atoms with Crippen LogP contribution in [0.2, 0.25) is 18.1 Å². The number of rotatable bonds is 32. The van der Waals surface area contributed by atoms with Gasteiger partial charge in [0, 0.05) is 20.0 Å². The Bertz CT molecular complexity index is 1100. The number of esters is 2. The molecule has 11 nitrogen and oxygen atoms in total. The molecule has 0 spiro atoms. The van der Waals surface area contributed by atoms with Crippen LogP contribution in [0.15, 0.2) is 0 Å². The summed E-state index contributed by atoms with van der Waals surface area (Å²) in [6.07, 6.45) is 18.4. The zero-order valence-electron chi connectivity index (χ0n) is 35.5. The summed E-state index contributed by atoms with van der Waals surface area (Å²) in [5, 5.41) is -0.172. The van der Waals surface area contributed by atoms with Gasteiger partial charge in [0.1, 0.15) is 12.2 Å². The summed E-state index contributed by atoms with van der Waals surface area (Å²) in [5.41, 5.74) is 0. The van der Waals surface area contributed by atoms with Crippen molar-refractivity contribution >= 4 is 60.2 Å². The average Bonchev–Trinajstić information content (AvgIpc) is 3.09. The van der Waals surface area contributed by atoms with Crippen molar-refractivity contribution in [3.8, 4) is 0 Å². The molecular weight excluding hydrogens is 752 g/mol. The number of unbranched alkanes of at least 4 members (excludes halogenated alkanes) is 20. The Hall–Kier alpha value is -0.0931. The third kappa shape index (κ3) is 25.2. The summed E-state index contributed by atoms with van der Waals surface area (Å²) in [6, 6.07) is 0. The van der Waals surface area contributed by atoms with Gasteiger partial charge in [-0.15, -0.1) is 0 Å². The van der Waals surface area contributed by atoms with E-state index < -0.39 is 61.4 Å². The fourth-order valence-electron chi connectivity index (χ4n) is 6.51. The Kier molecular flexibility index (Phi) is 30.8. The Labute approximate surface area is 359 Å². The summed E-state index contributed by atoms with van der Waals surface area (Å²) >= 11 is 0. The molecule has 0 saturated carbocycles. The minimum absolute atomic E-state index is 0. The van der Waals surface area contributed by atoms with Gasteiger partial charge in [-0.1, -0.05) is 163 Å².